The molecule has 0 spiro atoms. The number of amides is 1. The van der Waals surface area contributed by atoms with E-state index in [4.69, 9.17) is 11.6 Å². The maximum absolute atomic E-state index is 13.2. The molecule has 1 fully saturated rings. The summed E-state index contributed by atoms with van der Waals surface area (Å²) in [5, 5.41) is 3.06. The molecule has 0 bridgehead atoms. The van der Waals surface area contributed by atoms with Crippen LogP contribution in [0.2, 0.25) is 5.02 Å². The highest BCUT2D eigenvalue weighted by Crippen LogP contribution is 2.38. The number of carbonyl (C=O) groups excluding carboxylic acids is 1. The SMILES string of the molecule is CCC1NC(=O)CC1(C)c1ccc(F)c(Cl)c1. The molecule has 1 heterocycles. The van der Waals surface area contributed by atoms with E-state index in [0.29, 0.717) is 6.42 Å². The molecule has 0 radical (unpaired) electrons. The first-order valence-electron chi connectivity index (χ1n) is 5.72. The summed E-state index contributed by atoms with van der Waals surface area (Å²) in [6.07, 6.45) is 1.27. The Morgan fingerprint density at radius 3 is 2.88 bits per heavy atom. The Bertz CT molecular complexity index is 463. The first-order chi connectivity index (χ1) is 7.97. The van der Waals surface area contributed by atoms with Crippen LogP contribution >= 0.6 is 11.6 Å². The molecule has 0 saturated carbocycles. The van der Waals surface area contributed by atoms with E-state index in [1.54, 1.807) is 12.1 Å². The van der Waals surface area contributed by atoms with Crippen molar-refractivity contribution in [2.45, 2.75) is 38.1 Å². The van der Waals surface area contributed by atoms with Gasteiger partial charge in [0.25, 0.3) is 0 Å². The van der Waals surface area contributed by atoms with Crippen LogP contribution in [0.5, 0.6) is 0 Å². The molecule has 1 aromatic carbocycles. The molecule has 1 aliphatic heterocycles. The number of hydrogen-bond acceptors (Lipinski definition) is 1. The molecular formula is C13H15ClFNO. The van der Waals surface area contributed by atoms with Crippen molar-refractivity contribution >= 4 is 17.5 Å². The lowest BCUT2D eigenvalue weighted by Crippen LogP contribution is -2.37. The third kappa shape index (κ3) is 2.04. The molecule has 0 aliphatic carbocycles. The molecule has 2 nitrogen and oxygen atoms in total. The molecule has 2 atom stereocenters. The second-order valence-electron chi connectivity index (χ2n) is 4.75. The van der Waals surface area contributed by atoms with Gasteiger partial charge in [-0.15, -0.1) is 0 Å². The summed E-state index contributed by atoms with van der Waals surface area (Å²) in [7, 11) is 0. The van der Waals surface area contributed by atoms with Gasteiger partial charge in [-0.05, 0) is 24.1 Å². The molecule has 17 heavy (non-hydrogen) atoms. The third-order valence-electron chi connectivity index (χ3n) is 3.62. The van der Waals surface area contributed by atoms with Gasteiger partial charge in [-0.2, -0.15) is 0 Å². The molecule has 92 valence electrons. The smallest absolute Gasteiger partial charge is 0.221 e. The zero-order valence-electron chi connectivity index (χ0n) is 9.89. The first kappa shape index (κ1) is 12.4. The largest absolute Gasteiger partial charge is 0.352 e. The summed E-state index contributed by atoms with van der Waals surface area (Å²) in [5.74, 6) is -0.385. The predicted octanol–water partition coefficient (Wildman–Crippen LogP) is 3.04. The third-order valence-corrected chi connectivity index (χ3v) is 3.91. The van der Waals surface area contributed by atoms with E-state index in [-0.39, 0.29) is 22.4 Å². The topological polar surface area (TPSA) is 29.1 Å². The van der Waals surface area contributed by atoms with Crippen LogP contribution in [0.15, 0.2) is 18.2 Å². The molecule has 2 unspecified atom stereocenters. The van der Waals surface area contributed by atoms with Crippen molar-refractivity contribution in [2.24, 2.45) is 0 Å². The minimum absolute atomic E-state index is 0.0415. The van der Waals surface area contributed by atoms with Gasteiger partial charge in [-0.1, -0.05) is 31.5 Å². The highest BCUT2D eigenvalue weighted by Gasteiger charge is 2.43. The Kier molecular flexibility index (Phi) is 3.13. The Morgan fingerprint density at radius 2 is 2.29 bits per heavy atom. The van der Waals surface area contributed by atoms with Gasteiger partial charge >= 0.3 is 0 Å². The summed E-state index contributed by atoms with van der Waals surface area (Å²) in [6, 6.07) is 4.78. The first-order valence-corrected chi connectivity index (χ1v) is 6.10. The van der Waals surface area contributed by atoms with E-state index in [1.165, 1.54) is 6.07 Å². The number of rotatable bonds is 2. The van der Waals surface area contributed by atoms with Crippen molar-refractivity contribution in [2.75, 3.05) is 0 Å². The van der Waals surface area contributed by atoms with Crippen LogP contribution in [-0.4, -0.2) is 11.9 Å². The normalized spacial score (nSPS) is 28.2. The average Bonchev–Trinajstić information content (AvgIpc) is 2.58. The summed E-state index contributed by atoms with van der Waals surface area (Å²) in [5.41, 5.74) is 0.609. The average molecular weight is 256 g/mol. The van der Waals surface area contributed by atoms with E-state index in [9.17, 15) is 9.18 Å². The van der Waals surface area contributed by atoms with Gasteiger partial charge < -0.3 is 5.32 Å². The number of hydrogen-bond donors (Lipinski definition) is 1. The summed E-state index contributed by atoms with van der Waals surface area (Å²) < 4.78 is 13.2. The molecule has 1 saturated heterocycles. The summed E-state index contributed by atoms with van der Waals surface area (Å²) >= 11 is 5.80. The lowest BCUT2D eigenvalue weighted by Gasteiger charge is -2.30. The van der Waals surface area contributed by atoms with Crippen molar-refractivity contribution in [1.82, 2.24) is 5.32 Å². The quantitative estimate of drug-likeness (QED) is 0.865. The maximum atomic E-state index is 13.2. The Balaban J connectivity index is 2.43. The lowest BCUT2D eigenvalue weighted by atomic mass is 9.75. The van der Waals surface area contributed by atoms with Crippen molar-refractivity contribution in [3.63, 3.8) is 0 Å². The zero-order valence-corrected chi connectivity index (χ0v) is 10.6. The van der Waals surface area contributed by atoms with Crippen LogP contribution in [0.1, 0.15) is 32.3 Å². The van der Waals surface area contributed by atoms with Gasteiger partial charge in [0.15, 0.2) is 0 Å². The van der Waals surface area contributed by atoms with E-state index < -0.39 is 5.82 Å². The molecule has 0 aromatic heterocycles. The van der Waals surface area contributed by atoms with Crippen LogP contribution in [0, 0.1) is 5.82 Å². The second-order valence-corrected chi connectivity index (χ2v) is 5.16. The molecule has 1 amide bonds. The molecule has 2 rings (SSSR count). The van der Waals surface area contributed by atoms with Crippen molar-refractivity contribution < 1.29 is 9.18 Å². The monoisotopic (exact) mass is 255 g/mol. The van der Waals surface area contributed by atoms with Gasteiger partial charge in [0.05, 0.1) is 5.02 Å². The van der Waals surface area contributed by atoms with Crippen molar-refractivity contribution in [3.05, 3.63) is 34.6 Å². The number of halogens is 2. The Labute approximate surface area is 105 Å². The van der Waals surface area contributed by atoms with E-state index in [1.807, 2.05) is 13.8 Å². The molecule has 1 N–H and O–H groups in total. The van der Waals surface area contributed by atoms with Gasteiger partial charge in [0.2, 0.25) is 5.91 Å². The molecular weight excluding hydrogens is 241 g/mol. The van der Waals surface area contributed by atoms with Crippen LogP contribution in [0.3, 0.4) is 0 Å². The maximum Gasteiger partial charge on any atom is 0.221 e. The minimum Gasteiger partial charge on any atom is -0.352 e. The van der Waals surface area contributed by atoms with Gasteiger partial charge in [-0.3, -0.25) is 4.79 Å². The number of nitrogens with one attached hydrogen (secondary N) is 1. The van der Waals surface area contributed by atoms with E-state index >= 15 is 0 Å². The number of benzene rings is 1. The predicted molar refractivity (Wildman–Crippen MR) is 65.6 cm³/mol. The van der Waals surface area contributed by atoms with Crippen LogP contribution in [-0.2, 0) is 10.2 Å². The van der Waals surface area contributed by atoms with Crippen LogP contribution in [0.4, 0.5) is 4.39 Å². The second kappa shape index (κ2) is 4.30. The van der Waals surface area contributed by atoms with E-state index in [0.717, 1.165) is 12.0 Å². The molecule has 1 aliphatic rings. The molecule has 4 heteroatoms. The standard InChI is InChI=1S/C13H15ClFNO/c1-3-11-13(2,7-12(17)16-11)8-4-5-10(15)9(14)6-8/h4-6,11H,3,7H2,1-2H3,(H,16,17). The highest BCUT2D eigenvalue weighted by atomic mass is 35.5. The lowest BCUT2D eigenvalue weighted by molar-refractivity contribution is -0.119. The van der Waals surface area contributed by atoms with Gasteiger partial charge in [-0.25, -0.2) is 4.39 Å². The fourth-order valence-corrected chi connectivity index (χ4v) is 2.75. The zero-order chi connectivity index (χ0) is 12.6. The Hall–Kier alpha value is -1.09. The minimum atomic E-state index is -0.427. The fourth-order valence-electron chi connectivity index (χ4n) is 2.57. The van der Waals surface area contributed by atoms with Crippen LogP contribution < -0.4 is 5.32 Å². The van der Waals surface area contributed by atoms with Crippen molar-refractivity contribution in [3.8, 4) is 0 Å². The summed E-state index contributed by atoms with van der Waals surface area (Å²) in [6.45, 7) is 4.04. The van der Waals surface area contributed by atoms with Crippen LogP contribution in [0.25, 0.3) is 0 Å². The Morgan fingerprint density at radius 1 is 1.59 bits per heavy atom. The van der Waals surface area contributed by atoms with Gasteiger partial charge in [0, 0.05) is 17.9 Å². The highest BCUT2D eigenvalue weighted by molar-refractivity contribution is 6.30. The molecule has 1 aromatic rings. The van der Waals surface area contributed by atoms with Gasteiger partial charge in [0.1, 0.15) is 5.82 Å². The number of carbonyl (C=O) groups is 1. The van der Waals surface area contributed by atoms with E-state index in [2.05, 4.69) is 5.32 Å². The fraction of sp³-hybridized carbons (Fsp3) is 0.462. The van der Waals surface area contributed by atoms with Crippen molar-refractivity contribution in [1.29, 1.82) is 0 Å². The summed E-state index contributed by atoms with van der Waals surface area (Å²) in [4.78, 5) is 11.5.